The van der Waals surface area contributed by atoms with Crippen LogP contribution in [0.25, 0.3) is 0 Å². The standard InChI is InChI=1S/C27H30FN5O2.H2/c1-26(2,3)19-6-8-22(9-7-19)32-17-23(34)27(4,5)33(25(32)35)16-18-10-11-30-24(12-18)31-21-13-20(28)14-29-15-21;/h6-15H,16-17H2,1-5H3,(H,30,31);1H. The fraction of sp³-hybridized carbons (Fsp3) is 0.333. The summed E-state index contributed by atoms with van der Waals surface area (Å²) in [4.78, 5) is 37.9. The molecule has 4 rings (SSSR count). The lowest BCUT2D eigenvalue weighted by Gasteiger charge is -2.45. The third-order valence-corrected chi connectivity index (χ3v) is 6.31. The zero-order valence-corrected chi connectivity index (χ0v) is 20.7. The lowest BCUT2D eigenvalue weighted by molar-refractivity contribution is -0.128. The molecule has 2 amide bonds. The van der Waals surface area contributed by atoms with Gasteiger partial charge in [-0.1, -0.05) is 32.9 Å². The summed E-state index contributed by atoms with van der Waals surface area (Å²) in [6.45, 7) is 10.2. The van der Waals surface area contributed by atoms with Crippen LogP contribution in [0.15, 0.2) is 61.1 Å². The zero-order chi connectivity index (χ0) is 25.4. The highest BCUT2D eigenvalue weighted by molar-refractivity contribution is 6.07. The number of nitrogens with one attached hydrogen (secondary N) is 1. The smallest absolute Gasteiger partial charge is 0.326 e. The van der Waals surface area contributed by atoms with E-state index in [0.717, 1.165) is 17.3 Å². The fourth-order valence-electron chi connectivity index (χ4n) is 4.00. The first-order valence-corrected chi connectivity index (χ1v) is 11.5. The second-order valence-electron chi connectivity index (χ2n) is 10.3. The van der Waals surface area contributed by atoms with Crippen LogP contribution in [0.4, 0.5) is 26.4 Å². The lowest BCUT2D eigenvalue weighted by atomic mass is 9.87. The van der Waals surface area contributed by atoms with Gasteiger partial charge in [0.15, 0.2) is 5.78 Å². The Kier molecular flexibility index (Phi) is 6.32. The number of ketones is 1. The van der Waals surface area contributed by atoms with Gasteiger partial charge in [-0.25, -0.2) is 14.2 Å². The Morgan fingerprint density at radius 1 is 1.09 bits per heavy atom. The number of hydrogen-bond acceptors (Lipinski definition) is 5. The first-order valence-electron chi connectivity index (χ1n) is 11.5. The molecule has 1 aliphatic rings. The minimum absolute atomic E-state index is 0. The molecule has 1 aromatic carbocycles. The van der Waals surface area contributed by atoms with Crippen LogP contribution in [0.5, 0.6) is 0 Å². The van der Waals surface area contributed by atoms with Crippen LogP contribution < -0.4 is 10.2 Å². The number of pyridine rings is 2. The van der Waals surface area contributed by atoms with E-state index in [9.17, 15) is 14.0 Å². The molecule has 35 heavy (non-hydrogen) atoms. The van der Waals surface area contributed by atoms with Crippen LogP contribution in [0.3, 0.4) is 0 Å². The number of aromatic nitrogens is 2. The van der Waals surface area contributed by atoms with Crippen LogP contribution >= 0.6 is 0 Å². The molecular formula is C27H32FN5O2. The molecule has 1 fully saturated rings. The molecule has 0 saturated carbocycles. The van der Waals surface area contributed by atoms with Gasteiger partial charge < -0.3 is 10.2 Å². The highest BCUT2D eigenvalue weighted by Gasteiger charge is 2.45. The third kappa shape index (κ3) is 5.16. The molecule has 0 spiro atoms. The van der Waals surface area contributed by atoms with E-state index < -0.39 is 11.4 Å². The first-order chi connectivity index (χ1) is 16.4. The minimum atomic E-state index is -0.970. The van der Waals surface area contributed by atoms with E-state index in [4.69, 9.17) is 0 Å². The number of hydrogen-bond donors (Lipinski definition) is 1. The largest absolute Gasteiger partial charge is 0.339 e. The van der Waals surface area contributed by atoms with Crippen molar-refractivity contribution in [1.29, 1.82) is 0 Å². The predicted octanol–water partition coefficient (Wildman–Crippen LogP) is 5.69. The van der Waals surface area contributed by atoms with E-state index in [1.807, 2.05) is 24.3 Å². The van der Waals surface area contributed by atoms with Crippen molar-refractivity contribution < 1.29 is 15.4 Å². The third-order valence-electron chi connectivity index (χ3n) is 6.31. The monoisotopic (exact) mass is 477 g/mol. The van der Waals surface area contributed by atoms with Crippen molar-refractivity contribution in [1.82, 2.24) is 14.9 Å². The molecule has 0 atom stereocenters. The molecule has 1 aliphatic heterocycles. The molecule has 2 aromatic heterocycles. The van der Waals surface area contributed by atoms with Crippen molar-refractivity contribution in [2.45, 2.75) is 52.1 Å². The molecule has 1 saturated heterocycles. The van der Waals surface area contributed by atoms with Crippen molar-refractivity contribution in [2.75, 3.05) is 16.8 Å². The van der Waals surface area contributed by atoms with E-state index in [1.165, 1.54) is 17.2 Å². The summed E-state index contributed by atoms with van der Waals surface area (Å²) in [6, 6.07) is 12.4. The normalized spacial score (nSPS) is 15.9. The van der Waals surface area contributed by atoms with Gasteiger partial charge in [-0.15, -0.1) is 0 Å². The minimum Gasteiger partial charge on any atom is -0.339 e. The van der Waals surface area contributed by atoms with Gasteiger partial charge in [-0.3, -0.25) is 14.7 Å². The van der Waals surface area contributed by atoms with E-state index in [1.54, 1.807) is 37.1 Å². The molecule has 0 bridgehead atoms. The van der Waals surface area contributed by atoms with Crippen molar-refractivity contribution >= 4 is 29.0 Å². The van der Waals surface area contributed by atoms with E-state index in [-0.39, 0.29) is 31.7 Å². The molecule has 0 aliphatic carbocycles. The number of rotatable bonds is 5. The molecule has 3 heterocycles. The SMILES string of the molecule is CC(C)(C)c1ccc(N2CC(=O)C(C)(C)N(Cc3ccnc(Nc4cncc(F)c4)c3)C2=O)cc1.[HH]. The Balaban J connectivity index is 0.00000361. The second-order valence-corrected chi connectivity index (χ2v) is 10.3. The highest BCUT2D eigenvalue weighted by Crippen LogP contribution is 2.31. The Morgan fingerprint density at radius 3 is 2.46 bits per heavy atom. The van der Waals surface area contributed by atoms with Crippen LogP contribution in [0.1, 0.15) is 47.2 Å². The Labute approximate surface area is 206 Å². The van der Waals surface area contributed by atoms with E-state index >= 15 is 0 Å². The molecule has 0 unspecified atom stereocenters. The number of carbonyl (C=O) groups excluding carboxylic acids is 2. The Bertz CT molecular complexity index is 1260. The van der Waals surface area contributed by atoms with E-state index in [2.05, 4.69) is 36.1 Å². The maximum Gasteiger partial charge on any atom is 0.326 e. The van der Waals surface area contributed by atoms with Crippen LogP contribution in [-0.4, -0.2) is 38.8 Å². The maximum absolute atomic E-state index is 13.6. The Hall–Kier alpha value is -3.81. The number of carbonyl (C=O) groups is 2. The van der Waals surface area contributed by atoms with Gasteiger partial charge >= 0.3 is 6.03 Å². The highest BCUT2D eigenvalue weighted by atomic mass is 19.1. The molecular weight excluding hydrogens is 445 g/mol. The Morgan fingerprint density at radius 2 is 1.80 bits per heavy atom. The van der Waals surface area contributed by atoms with Crippen LogP contribution in [-0.2, 0) is 16.8 Å². The van der Waals surface area contributed by atoms with Gasteiger partial charge in [-0.2, -0.15) is 0 Å². The number of halogens is 1. The van der Waals surface area contributed by atoms with Gasteiger partial charge in [0.25, 0.3) is 0 Å². The molecule has 8 heteroatoms. The summed E-state index contributed by atoms with van der Waals surface area (Å²) in [6.07, 6.45) is 4.23. The molecule has 0 radical (unpaired) electrons. The van der Waals surface area contributed by atoms with Crippen LogP contribution in [0.2, 0.25) is 0 Å². The van der Waals surface area contributed by atoms with Gasteiger partial charge in [0, 0.05) is 25.9 Å². The average Bonchev–Trinajstić information content (AvgIpc) is 2.79. The van der Waals surface area contributed by atoms with Crippen LogP contribution in [0, 0.1) is 5.82 Å². The topological polar surface area (TPSA) is 78.4 Å². The summed E-state index contributed by atoms with van der Waals surface area (Å²) in [5, 5.41) is 3.02. The summed E-state index contributed by atoms with van der Waals surface area (Å²) >= 11 is 0. The number of nitrogens with zero attached hydrogens (tertiary/aromatic N) is 4. The number of anilines is 3. The van der Waals surface area contributed by atoms with Crippen molar-refractivity contribution in [3.63, 3.8) is 0 Å². The van der Waals surface area contributed by atoms with Crippen molar-refractivity contribution in [3.8, 4) is 0 Å². The van der Waals surface area contributed by atoms with Gasteiger partial charge in [0.05, 0.1) is 30.2 Å². The summed E-state index contributed by atoms with van der Waals surface area (Å²) in [5.74, 6) is -0.0192. The van der Waals surface area contributed by atoms with E-state index in [0.29, 0.717) is 17.2 Å². The second kappa shape index (κ2) is 9.09. The van der Waals surface area contributed by atoms with Crippen molar-refractivity contribution in [3.05, 3.63) is 78.0 Å². The van der Waals surface area contributed by atoms with Gasteiger partial charge in [0.2, 0.25) is 0 Å². The molecule has 184 valence electrons. The molecule has 3 aromatic rings. The lowest BCUT2D eigenvalue weighted by Crippen LogP contribution is -2.64. The number of urea groups is 1. The quantitative estimate of drug-likeness (QED) is 0.511. The van der Waals surface area contributed by atoms with Crippen molar-refractivity contribution in [2.24, 2.45) is 0 Å². The molecule has 1 N–H and O–H groups in total. The van der Waals surface area contributed by atoms with Gasteiger partial charge in [-0.05, 0) is 54.7 Å². The number of amides is 2. The number of benzene rings is 1. The fourth-order valence-corrected chi connectivity index (χ4v) is 4.00. The molecule has 7 nitrogen and oxygen atoms in total. The first kappa shape index (κ1) is 24.3. The van der Waals surface area contributed by atoms with Gasteiger partial charge in [0.1, 0.15) is 11.6 Å². The number of Topliss-reactive ketones (excluding diaryl/α,β-unsaturated/α-hetero) is 1. The maximum atomic E-state index is 13.6. The summed E-state index contributed by atoms with van der Waals surface area (Å²) < 4.78 is 13.5. The zero-order valence-electron chi connectivity index (χ0n) is 20.7. The summed E-state index contributed by atoms with van der Waals surface area (Å²) in [7, 11) is 0. The predicted molar refractivity (Wildman–Crippen MR) is 136 cm³/mol. The average molecular weight is 478 g/mol. The summed E-state index contributed by atoms with van der Waals surface area (Å²) in [5.41, 5.74) is 2.10.